The van der Waals surface area contributed by atoms with Crippen LogP contribution in [0.15, 0.2) is 11.1 Å². The Morgan fingerprint density at radius 1 is 1.67 bits per heavy atom. The smallest absolute Gasteiger partial charge is 0.265 e. The van der Waals surface area contributed by atoms with E-state index in [9.17, 15) is 9.00 Å². The molecule has 0 aliphatic carbocycles. The standard InChI is InChI=1S/C7H10N2O2S/c1-4-5(12(2)11)3-9-6(4)7(8)10/h3,9H,1-2H3,(H2,8,10). The Labute approximate surface area is 72.6 Å². The van der Waals surface area contributed by atoms with Crippen molar-refractivity contribution in [3.05, 3.63) is 17.5 Å². The van der Waals surface area contributed by atoms with Gasteiger partial charge in [0, 0.05) is 12.5 Å². The minimum Gasteiger partial charge on any atom is -0.364 e. The zero-order chi connectivity index (χ0) is 9.30. The van der Waals surface area contributed by atoms with Crippen LogP contribution in [0.4, 0.5) is 0 Å². The highest BCUT2D eigenvalue weighted by Crippen LogP contribution is 2.14. The fourth-order valence-corrected chi connectivity index (χ4v) is 1.79. The SMILES string of the molecule is Cc1c(S(C)=O)c[nH]c1C(N)=O. The summed E-state index contributed by atoms with van der Waals surface area (Å²) in [6.07, 6.45) is 3.10. The molecule has 66 valence electrons. The van der Waals surface area contributed by atoms with Gasteiger partial charge in [-0.15, -0.1) is 0 Å². The van der Waals surface area contributed by atoms with Gasteiger partial charge < -0.3 is 10.7 Å². The molecule has 0 spiro atoms. The number of hydrogen-bond donors (Lipinski definition) is 2. The Kier molecular flexibility index (Phi) is 2.32. The number of rotatable bonds is 2. The van der Waals surface area contributed by atoms with Crippen LogP contribution >= 0.6 is 0 Å². The third kappa shape index (κ3) is 1.40. The molecule has 0 radical (unpaired) electrons. The van der Waals surface area contributed by atoms with Crippen molar-refractivity contribution in [3.63, 3.8) is 0 Å². The van der Waals surface area contributed by atoms with Crippen molar-refractivity contribution in [3.8, 4) is 0 Å². The molecular formula is C7H10N2O2S. The molecule has 0 fully saturated rings. The van der Waals surface area contributed by atoms with Crippen LogP contribution in [0.3, 0.4) is 0 Å². The lowest BCUT2D eigenvalue weighted by Gasteiger charge is -1.94. The molecule has 0 aliphatic heterocycles. The lowest BCUT2D eigenvalue weighted by atomic mass is 10.3. The number of amides is 1. The van der Waals surface area contributed by atoms with Crippen molar-refractivity contribution in [1.29, 1.82) is 0 Å². The number of nitrogens with one attached hydrogen (secondary N) is 1. The molecule has 4 nitrogen and oxygen atoms in total. The molecule has 1 amide bonds. The van der Waals surface area contributed by atoms with Crippen molar-refractivity contribution in [1.82, 2.24) is 4.98 Å². The van der Waals surface area contributed by atoms with E-state index in [1.807, 2.05) is 0 Å². The van der Waals surface area contributed by atoms with Crippen LogP contribution in [0.5, 0.6) is 0 Å². The van der Waals surface area contributed by atoms with Gasteiger partial charge in [0.05, 0.1) is 15.7 Å². The maximum absolute atomic E-state index is 11.0. The van der Waals surface area contributed by atoms with Gasteiger partial charge in [-0.25, -0.2) is 0 Å². The fourth-order valence-electron chi connectivity index (χ4n) is 1.03. The maximum atomic E-state index is 11.0. The largest absolute Gasteiger partial charge is 0.364 e. The molecule has 1 heterocycles. The Morgan fingerprint density at radius 2 is 2.25 bits per heavy atom. The van der Waals surface area contributed by atoms with E-state index in [1.54, 1.807) is 19.4 Å². The Hall–Kier alpha value is -1.10. The summed E-state index contributed by atoms with van der Waals surface area (Å²) in [4.78, 5) is 14.1. The number of aromatic amines is 1. The summed E-state index contributed by atoms with van der Waals surface area (Å²) in [6, 6.07) is 0. The van der Waals surface area contributed by atoms with E-state index in [0.29, 0.717) is 16.2 Å². The molecule has 0 aromatic carbocycles. The highest BCUT2D eigenvalue weighted by molar-refractivity contribution is 7.84. The zero-order valence-electron chi connectivity index (χ0n) is 6.88. The highest BCUT2D eigenvalue weighted by atomic mass is 32.2. The normalized spacial score (nSPS) is 12.8. The third-order valence-electron chi connectivity index (χ3n) is 1.65. The molecule has 12 heavy (non-hydrogen) atoms. The van der Waals surface area contributed by atoms with E-state index in [2.05, 4.69) is 4.98 Å². The van der Waals surface area contributed by atoms with E-state index >= 15 is 0 Å². The van der Waals surface area contributed by atoms with Crippen molar-refractivity contribution in [2.24, 2.45) is 5.73 Å². The second kappa shape index (κ2) is 3.10. The third-order valence-corrected chi connectivity index (χ3v) is 2.69. The summed E-state index contributed by atoms with van der Waals surface area (Å²) < 4.78 is 11.0. The average Bonchev–Trinajstić information content (AvgIpc) is 2.30. The molecule has 1 aromatic heterocycles. The van der Waals surface area contributed by atoms with Gasteiger partial charge in [-0.2, -0.15) is 0 Å². The van der Waals surface area contributed by atoms with Gasteiger partial charge in [0.15, 0.2) is 0 Å². The monoisotopic (exact) mass is 186 g/mol. The molecule has 1 aromatic rings. The molecule has 3 N–H and O–H groups in total. The van der Waals surface area contributed by atoms with Gasteiger partial charge in [0.1, 0.15) is 5.69 Å². The van der Waals surface area contributed by atoms with E-state index in [0.717, 1.165) is 0 Å². The number of carbonyl (C=O) groups excluding carboxylic acids is 1. The molecule has 1 unspecified atom stereocenters. The van der Waals surface area contributed by atoms with Gasteiger partial charge in [-0.05, 0) is 12.5 Å². The summed E-state index contributed by atoms with van der Waals surface area (Å²) in [5, 5.41) is 0. The first-order valence-corrected chi connectivity index (χ1v) is 4.91. The number of aromatic nitrogens is 1. The molecule has 0 saturated carbocycles. The summed E-state index contributed by atoms with van der Waals surface area (Å²) in [5.74, 6) is -0.524. The molecule has 1 atom stereocenters. The Balaban J connectivity index is 3.22. The van der Waals surface area contributed by atoms with Crippen molar-refractivity contribution < 1.29 is 9.00 Å². The van der Waals surface area contributed by atoms with Gasteiger partial charge in [0.2, 0.25) is 0 Å². The van der Waals surface area contributed by atoms with E-state index in [4.69, 9.17) is 5.73 Å². The number of nitrogens with two attached hydrogens (primary N) is 1. The van der Waals surface area contributed by atoms with Crippen LogP contribution in [-0.2, 0) is 10.8 Å². The Bertz CT molecular complexity index is 312. The van der Waals surface area contributed by atoms with Crippen molar-refractivity contribution >= 4 is 16.7 Å². The van der Waals surface area contributed by atoms with Crippen molar-refractivity contribution in [2.75, 3.05) is 6.26 Å². The van der Waals surface area contributed by atoms with Gasteiger partial charge in [0.25, 0.3) is 5.91 Å². The van der Waals surface area contributed by atoms with Gasteiger partial charge in [-0.1, -0.05) is 0 Å². The maximum Gasteiger partial charge on any atom is 0.265 e. The molecular weight excluding hydrogens is 176 g/mol. The van der Waals surface area contributed by atoms with Crippen LogP contribution < -0.4 is 5.73 Å². The first kappa shape index (κ1) is 8.99. The molecule has 5 heteroatoms. The summed E-state index contributed by atoms with van der Waals surface area (Å²) in [5.41, 5.74) is 6.06. The zero-order valence-corrected chi connectivity index (χ0v) is 7.70. The average molecular weight is 186 g/mol. The summed E-state index contributed by atoms with van der Waals surface area (Å²) >= 11 is 0. The van der Waals surface area contributed by atoms with E-state index < -0.39 is 16.7 Å². The highest BCUT2D eigenvalue weighted by Gasteiger charge is 2.12. The van der Waals surface area contributed by atoms with E-state index in [1.165, 1.54) is 0 Å². The Morgan fingerprint density at radius 3 is 2.50 bits per heavy atom. The minimum atomic E-state index is -1.08. The predicted molar refractivity (Wildman–Crippen MR) is 46.4 cm³/mol. The fraction of sp³-hybridized carbons (Fsp3) is 0.286. The second-order valence-corrected chi connectivity index (χ2v) is 3.82. The number of carbonyl (C=O) groups is 1. The molecule has 0 aliphatic rings. The minimum absolute atomic E-state index is 0.334. The predicted octanol–water partition coefficient (Wildman–Crippen LogP) is 0.159. The van der Waals surface area contributed by atoms with Crippen LogP contribution in [0.1, 0.15) is 16.1 Å². The van der Waals surface area contributed by atoms with Gasteiger partial charge in [-0.3, -0.25) is 9.00 Å². The van der Waals surface area contributed by atoms with Crippen LogP contribution in [0.2, 0.25) is 0 Å². The van der Waals surface area contributed by atoms with Crippen molar-refractivity contribution in [2.45, 2.75) is 11.8 Å². The van der Waals surface area contributed by atoms with Crippen LogP contribution in [-0.4, -0.2) is 21.4 Å². The quantitative estimate of drug-likeness (QED) is 0.690. The first-order chi connectivity index (χ1) is 5.54. The summed E-state index contributed by atoms with van der Waals surface area (Å²) in [7, 11) is -1.08. The van der Waals surface area contributed by atoms with Gasteiger partial charge >= 0.3 is 0 Å². The van der Waals surface area contributed by atoms with E-state index in [-0.39, 0.29) is 0 Å². The lowest BCUT2D eigenvalue weighted by molar-refractivity contribution is 0.0995. The second-order valence-electron chi connectivity index (χ2n) is 2.47. The number of hydrogen-bond acceptors (Lipinski definition) is 2. The first-order valence-electron chi connectivity index (χ1n) is 3.35. The number of primary amides is 1. The molecule has 0 bridgehead atoms. The van der Waals surface area contributed by atoms with Crippen LogP contribution in [0, 0.1) is 6.92 Å². The van der Waals surface area contributed by atoms with Crippen LogP contribution in [0.25, 0.3) is 0 Å². The number of H-pyrrole nitrogens is 1. The summed E-state index contributed by atoms with van der Waals surface area (Å²) in [6.45, 7) is 1.72. The molecule has 1 rings (SSSR count). The topological polar surface area (TPSA) is 75.9 Å². The lowest BCUT2D eigenvalue weighted by Crippen LogP contribution is -2.12. The molecule has 0 saturated heterocycles.